The second-order valence-corrected chi connectivity index (χ2v) is 6.26. The average molecular weight is 362 g/mol. The number of rotatable bonds is 5. The van der Waals surface area contributed by atoms with Gasteiger partial charge < -0.3 is 10.2 Å². The molecule has 1 N–H and O–H groups in total. The van der Waals surface area contributed by atoms with Gasteiger partial charge in [0.05, 0.1) is 0 Å². The lowest BCUT2D eigenvalue weighted by molar-refractivity contribution is -0.117. The number of hydrogen-bond acceptors (Lipinski definition) is 5. The van der Waals surface area contributed by atoms with Gasteiger partial charge in [-0.1, -0.05) is 36.4 Å². The SMILES string of the molecule is O=C(Cn1nnc(-c2ccccc2)n1)Nc1cccc(N2CCCC2=O)c1. The van der Waals surface area contributed by atoms with Crippen molar-refractivity contribution in [2.24, 2.45) is 0 Å². The molecule has 1 aromatic heterocycles. The molecule has 1 fully saturated rings. The zero-order valence-corrected chi connectivity index (χ0v) is 14.6. The minimum atomic E-state index is -0.267. The number of hydrogen-bond donors (Lipinski definition) is 1. The first kappa shape index (κ1) is 16.9. The van der Waals surface area contributed by atoms with Gasteiger partial charge >= 0.3 is 0 Å². The zero-order chi connectivity index (χ0) is 18.6. The standard InChI is InChI=1S/C19H18N6O2/c26-17(13-25-22-19(21-23-25)14-6-2-1-3-7-14)20-15-8-4-9-16(12-15)24-11-5-10-18(24)27/h1-4,6-9,12H,5,10-11,13H2,(H,20,26). The van der Waals surface area contributed by atoms with Crippen molar-refractivity contribution >= 4 is 23.2 Å². The molecular formula is C19H18N6O2. The van der Waals surface area contributed by atoms with Crippen molar-refractivity contribution in [3.8, 4) is 11.4 Å². The van der Waals surface area contributed by atoms with Crippen molar-refractivity contribution in [3.05, 3.63) is 54.6 Å². The van der Waals surface area contributed by atoms with Gasteiger partial charge in [-0.3, -0.25) is 9.59 Å². The molecule has 0 unspecified atom stereocenters. The van der Waals surface area contributed by atoms with Gasteiger partial charge in [0.2, 0.25) is 17.6 Å². The van der Waals surface area contributed by atoms with E-state index in [1.54, 1.807) is 17.0 Å². The van der Waals surface area contributed by atoms with Crippen LogP contribution in [0, 0.1) is 0 Å². The zero-order valence-electron chi connectivity index (χ0n) is 14.6. The third-order valence-electron chi connectivity index (χ3n) is 4.28. The number of aromatic nitrogens is 4. The number of benzene rings is 2. The number of nitrogens with one attached hydrogen (secondary N) is 1. The molecule has 0 saturated carbocycles. The second kappa shape index (κ2) is 7.36. The molecule has 1 aliphatic rings. The number of tetrazole rings is 1. The van der Waals surface area contributed by atoms with Crippen LogP contribution in [0.2, 0.25) is 0 Å². The predicted octanol–water partition coefficient (Wildman–Crippen LogP) is 2.11. The van der Waals surface area contributed by atoms with E-state index in [0.29, 0.717) is 24.5 Å². The molecule has 2 heterocycles. The fraction of sp³-hybridized carbons (Fsp3) is 0.211. The lowest BCUT2D eigenvalue weighted by atomic mass is 10.2. The molecule has 0 radical (unpaired) electrons. The van der Waals surface area contributed by atoms with Crippen molar-refractivity contribution in [2.45, 2.75) is 19.4 Å². The van der Waals surface area contributed by atoms with Gasteiger partial charge in [-0.25, -0.2) is 0 Å². The van der Waals surface area contributed by atoms with E-state index in [1.807, 2.05) is 42.5 Å². The molecule has 4 rings (SSSR count). The lowest BCUT2D eigenvalue weighted by Gasteiger charge is -2.16. The molecule has 136 valence electrons. The molecule has 1 aliphatic heterocycles. The highest BCUT2D eigenvalue weighted by atomic mass is 16.2. The van der Waals surface area contributed by atoms with Crippen LogP contribution >= 0.6 is 0 Å². The fourth-order valence-corrected chi connectivity index (χ4v) is 3.01. The molecule has 0 aliphatic carbocycles. The number of amides is 2. The molecule has 0 spiro atoms. The van der Waals surface area contributed by atoms with Crippen LogP contribution in [-0.2, 0) is 16.1 Å². The quantitative estimate of drug-likeness (QED) is 0.750. The Kier molecular flexibility index (Phi) is 4.61. The molecule has 0 atom stereocenters. The first-order valence-electron chi connectivity index (χ1n) is 8.72. The smallest absolute Gasteiger partial charge is 0.248 e. The van der Waals surface area contributed by atoms with Crippen LogP contribution in [0.25, 0.3) is 11.4 Å². The first-order valence-corrected chi connectivity index (χ1v) is 8.72. The summed E-state index contributed by atoms with van der Waals surface area (Å²) < 4.78 is 0. The van der Waals surface area contributed by atoms with Gasteiger partial charge in [-0.15, -0.1) is 10.2 Å². The molecule has 0 bridgehead atoms. The minimum Gasteiger partial charge on any atom is -0.324 e. The Labute approximate surface area is 155 Å². The summed E-state index contributed by atoms with van der Waals surface area (Å²) in [6.07, 6.45) is 1.43. The van der Waals surface area contributed by atoms with Gasteiger partial charge in [0.1, 0.15) is 6.54 Å². The van der Waals surface area contributed by atoms with Crippen LogP contribution < -0.4 is 10.2 Å². The highest BCUT2D eigenvalue weighted by Gasteiger charge is 2.21. The highest BCUT2D eigenvalue weighted by molar-refractivity contribution is 5.97. The molecule has 2 amide bonds. The summed E-state index contributed by atoms with van der Waals surface area (Å²) in [5, 5.41) is 15.0. The van der Waals surface area contributed by atoms with Gasteiger partial charge in [0.25, 0.3) is 0 Å². The maximum Gasteiger partial charge on any atom is 0.248 e. The molecule has 2 aromatic carbocycles. The van der Waals surface area contributed by atoms with Crippen molar-refractivity contribution < 1.29 is 9.59 Å². The van der Waals surface area contributed by atoms with Crippen LogP contribution in [0.3, 0.4) is 0 Å². The third kappa shape index (κ3) is 3.84. The molecular weight excluding hydrogens is 344 g/mol. The summed E-state index contributed by atoms with van der Waals surface area (Å²) in [6, 6.07) is 16.7. The van der Waals surface area contributed by atoms with Crippen LogP contribution in [0.5, 0.6) is 0 Å². The summed E-state index contributed by atoms with van der Waals surface area (Å²) in [6.45, 7) is 0.661. The van der Waals surface area contributed by atoms with E-state index in [1.165, 1.54) is 4.80 Å². The largest absolute Gasteiger partial charge is 0.324 e. The van der Waals surface area contributed by atoms with E-state index in [0.717, 1.165) is 17.7 Å². The van der Waals surface area contributed by atoms with Crippen molar-refractivity contribution in [2.75, 3.05) is 16.8 Å². The summed E-state index contributed by atoms with van der Waals surface area (Å²) in [4.78, 5) is 27.2. The number of carbonyl (C=O) groups excluding carboxylic acids is 2. The van der Waals surface area contributed by atoms with E-state index in [2.05, 4.69) is 20.7 Å². The lowest BCUT2D eigenvalue weighted by Crippen LogP contribution is -2.24. The number of carbonyl (C=O) groups is 2. The molecule has 1 saturated heterocycles. The minimum absolute atomic E-state index is 0.0489. The number of anilines is 2. The maximum absolute atomic E-state index is 12.3. The Morgan fingerprint density at radius 2 is 1.96 bits per heavy atom. The van der Waals surface area contributed by atoms with Crippen LogP contribution in [0.1, 0.15) is 12.8 Å². The Balaban J connectivity index is 1.41. The summed E-state index contributed by atoms with van der Waals surface area (Å²) >= 11 is 0. The van der Waals surface area contributed by atoms with E-state index in [4.69, 9.17) is 0 Å². The Morgan fingerprint density at radius 1 is 1.11 bits per heavy atom. The topological polar surface area (TPSA) is 93.0 Å². The Hall–Kier alpha value is -3.55. The monoisotopic (exact) mass is 362 g/mol. The van der Waals surface area contributed by atoms with Crippen LogP contribution in [0.4, 0.5) is 11.4 Å². The maximum atomic E-state index is 12.3. The molecule has 8 heteroatoms. The molecule has 8 nitrogen and oxygen atoms in total. The normalized spacial score (nSPS) is 13.8. The highest BCUT2D eigenvalue weighted by Crippen LogP contribution is 2.24. The average Bonchev–Trinajstić information content (AvgIpc) is 3.31. The van der Waals surface area contributed by atoms with Crippen molar-refractivity contribution in [1.29, 1.82) is 0 Å². The summed E-state index contributed by atoms with van der Waals surface area (Å²) in [5.74, 6) is 0.314. The van der Waals surface area contributed by atoms with Crippen molar-refractivity contribution in [3.63, 3.8) is 0 Å². The molecule has 3 aromatic rings. The molecule has 27 heavy (non-hydrogen) atoms. The summed E-state index contributed by atoms with van der Waals surface area (Å²) in [5.41, 5.74) is 2.26. The van der Waals surface area contributed by atoms with E-state index >= 15 is 0 Å². The third-order valence-corrected chi connectivity index (χ3v) is 4.28. The Bertz CT molecular complexity index is 969. The van der Waals surface area contributed by atoms with Gasteiger partial charge in [0, 0.05) is 29.9 Å². The van der Waals surface area contributed by atoms with Crippen LogP contribution in [0.15, 0.2) is 54.6 Å². The summed E-state index contributed by atoms with van der Waals surface area (Å²) in [7, 11) is 0. The van der Waals surface area contributed by atoms with Crippen molar-refractivity contribution in [1.82, 2.24) is 20.2 Å². The Morgan fingerprint density at radius 3 is 2.74 bits per heavy atom. The van der Waals surface area contributed by atoms with E-state index in [9.17, 15) is 9.59 Å². The van der Waals surface area contributed by atoms with Gasteiger partial charge in [-0.05, 0) is 29.8 Å². The van der Waals surface area contributed by atoms with E-state index < -0.39 is 0 Å². The fourth-order valence-electron chi connectivity index (χ4n) is 3.01. The van der Waals surface area contributed by atoms with Gasteiger partial charge in [0.15, 0.2) is 0 Å². The first-order chi connectivity index (χ1) is 13.2. The van der Waals surface area contributed by atoms with E-state index in [-0.39, 0.29) is 18.4 Å². The van der Waals surface area contributed by atoms with Crippen LogP contribution in [-0.4, -0.2) is 38.6 Å². The van der Waals surface area contributed by atoms with Gasteiger partial charge in [-0.2, -0.15) is 4.80 Å². The number of nitrogens with zero attached hydrogens (tertiary/aromatic N) is 5. The second-order valence-electron chi connectivity index (χ2n) is 6.26. The predicted molar refractivity (Wildman–Crippen MR) is 99.9 cm³/mol.